The Kier molecular flexibility index (Phi) is 6.02. The second-order valence-electron chi connectivity index (χ2n) is 4.63. The summed E-state index contributed by atoms with van der Waals surface area (Å²) >= 11 is 0.975. The van der Waals surface area contributed by atoms with Crippen LogP contribution in [0.1, 0.15) is 5.56 Å². The molecule has 9 nitrogen and oxygen atoms in total. The molecule has 0 heterocycles. The maximum Gasteiger partial charge on any atom is 0.301 e. The molecule has 126 valence electrons. The van der Waals surface area contributed by atoms with Crippen molar-refractivity contribution < 1.29 is 9.85 Å². The van der Waals surface area contributed by atoms with Gasteiger partial charge in [0.1, 0.15) is 11.1 Å². The molecule has 2 aromatic rings. The van der Waals surface area contributed by atoms with Gasteiger partial charge in [-0.15, -0.1) is 0 Å². The van der Waals surface area contributed by atoms with Gasteiger partial charge < -0.3 is 0 Å². The number of benzene rings is 2. The predicted octanol–water partition coefficient (Wildman–Crippen LogP) is 3.53. The standard InChI is InChI=1S/C15H11N5O4S/c16-10-25-9-14(11-4-2-1-3-5-11)18-17-13-7-6-12(19(21)22)8-15(13)20(23)24/h1-8,17H,9H2. The molecule has 25 heavy (non-hydrogen) atoms. The average molecular weight is 357 g/mol. The topological polar surface area (TPSA) is 134 Å². The van der Waals surface area contributed by atoms with Crippen molar-refractivity contribution in [1.29, 1.82) is 5.26 Å². The zero-order chi connectivity index (χ0) is 18.2. The lowest BCUT2D eigenvalue weighted by molar-refractivity contribution is -0.393. The quantitative estimate of drug-likeness (QED) is 0.346. The lowest BCUT2D eigenvalue weighted by Gasteiger charge is -2.07. The number of hydrogen-bond acceptors (Lipinski definition) is 8. The lowest BCUT2D eigenvalue weighted by atomic mass is 10.1. The van der Waals surface area contributed by atoms with Gasteiger partial charge in [0.15, 0.2) is 0 Å². The van der Waals surface area contributed by atoms with E-state index in [9.17, 15) is 20.2 Å². The summed E-state index contributed by atoms with van der Waals surface area (Å²) < 4.78 is 0. The number of anilines is 1. The molecular formula is C15H11N5O4S. The van der Waals surface area contributed by atoms with Crippen LogP contribution in [0.5, 0.6) is 0 Å². The van der Waals surface area contributed by atoms with Gasteiger partial charge in [0, 0.05) is 6.07 Å². The van der Waals surface area contributed by atoms with Crippen molar-refractivity contribution in [3.05, 3.63) is 74.3 Å². The number of nitro groups is 2. The molecule has 0 spiro atoms. The average Bonchev–Trinajstić information content (AvgIpc) is 2.62. The van der Waals surface area contributed by atoms with Crippen molar-refractivity contribution in [2.24, 2.45) is 5.10 Å². The van der Waals surface area contributed by atoms with Crippen molar-refractivity contribution in [1.82, 2.24) is 0 Å². The first kappa shape index (κ1) is 17.9. The predicted molar refractivity (Wildman–Crippen MR) is 94.4 cm³/mol. The van der Waals surface area contributed by atoms with E-state index in [-0.39, 0.29) is 17.1 Å². The number of hydrazone groups is 1. The molecule has 0 aliphatic rings. The van der Waals surface area contributed by atoms with Crippen LogP contribution in [0.2, 0.25) is 0 Å². The summed E-state index contributed by atoms with van der Waals surface area (Å²) in [5.74, 6) is 0.272. The largest absolute Gasteiger partial charge is 0.301 e. The number of rotatable bonds is 7. The maximum absolute atomic E-state index is 11.1. The van der Waals surface area contributed by atoms with Crippen LogP contribution in [0.4, 0.5) is 17.1 Å². The molecule has 0 saturated carbocycles. The van der Waals surface area contributed by atoms with E-state index in [0.717, 1.165) is 29.5 Å². The summed E-state index contributed by atoms with van der Waals surface area (Å²) in [7, 11) is 0. The molecule has 0 amide bonds. The van der Waals surface area contributed by atoms with Gasteiger partial charge in [-0.1, -0.05) is 30.3 Å². The SMILES string of the molecule is N#CSCC(=NNc1ccc([N+](=O)[O-])cc1[N+](=O)[O-])c1ccccc1. The summed E-state index contributed by atoms with van der Waals surface area (Å²) in [6.45, 7) is 0. The fraction of sp³-hybridized carbons (Fsp3) is 0.0667. The summed E-state index contributed by atoms with van der Waals surface area (Å²) in [5.41, 5.74) is 3.01. The van der Waals surface area contributed by atoms with Crippen LogP contribution in [-0.4, -0.2) is 21.3 Å². The molecule has 0 bridgehead atoms. The molecule has 0 aliphatic heterocycles. The van der Waals surface area contributed by atoms with E-state index >= 15 is 0 Å². The summed E-state index contributed by atoms with van der Waals surface area (Å²) in [5, 5.41) is 36.7. The Hall–Kier alpha value is -3.45. The zero-order valence-electron chi connectivity index (χ0n) is 12.7. The van der Waals surface area contributed by atoms with Gasteiger partial charge in [-0.3, -0.25) is 25.7 Å². The van der Waals surface area contributed by atoms with E-state index in [0.29, 0.717) is 5.71 Å². The van der Waals surface area contributed by atoms with Crippen LogP contribution in [0.3, 0.4) is 0 Å². The number of nitriles is 1. The Morgan fingerprint density at radius 1 is 1.16 bits per heavy atom. The fourth-order valence-corrected chi connectivity index (χ4v) is 2.35. The number of nitrogens with zero attached hydrogens (tertiary/aromatic N) is 4. The molecule has 1 N–H and O–H groups in total. The number of nitrogens with one attached hydrogen (secondary N) is 1. The highest BCUT2D eigenvalue weighted by molar-refractivity contribution is 8.04. The van der Waals surface area contributed by atoms with E-state index in [1.54, 1.807) is 24.3 Å². The second-order valence-corrected chi connectivity index (χ2v) is 5.39. The minimum Gasteiger partial charge on any atom is -0.271 e. The zero-order valence-corrected chi connectivity index (χ0v) is 13.5. The third-order valence-corrected chi connectivity index (χ3v) is 3.63. The number of nitro benzene ring substituents is 2. The Balaban J connectivity index is 2.35. The molecule has 0 aliphatic carbocycles. The second kappa shape index (κ2) is 8.42. The normalized spacial score (nSPS) is 10.8. The summed E-state index contributed by atoms with van der Waals surface area (Å²) in [6.07, 6.45) is 0. The molecular weight excluding hydrogens is 346 g/mol. The van der Waals surface area contributed by atoms with Crippen molar-refractivity contribution in [3.63, 3.8) is 0 Å². The van der Waals surface area contributed by atoms with Gasteiger partial charge in [-0.25, -0.2) is 0 Å². The Bertz CT molecular complexity index is 864. The van der Waals surface area contributed by atoms with Crippen LogP contribution >= 0.6 is 11.8 Å². The van der Waals surface area contributed by atoms with Gasteiger partial charge in [0.25, 0.3) is 5.69 Å². The minimum absolute atomic E-state index is 0.0194. The number of thiocyanates is 1. The van der Waals surface area contributed by atoms with E-state index in [2.05, 4.69) is 10.5 Å². The lowest BCUT2D eigenvalue weighted by Crippen LogP contribution is -2.08. The highest BCUT2D eigenvalue weighted by Crippen LogP contribution is 2.29. The van der Waals surface area contributed by atoms with E-state index in [4.69, 9.17) is 5.26 Å². The minimum atomic E-state index is -0.725. The van der Waals surface area contributed by atoms with Crippen molar-refractivity contribution in [2.75, 3.05) is 11.2 Å². The monoisotopic (exact) mass is 357 g/mol. The van der Waals surface area contributed by atoms with Gasteiger partial charge in [0.2, 0.25) is 0 Å². The Morgan fingerprint density at radius 2 is 1.88 bits per heavy atom. The third kappa shape index (κ3) is 4.76. The van der Waals surface area contributed by atoms with Crippen molar-refractivity contribution in [2.45, 2.75) is 0 Å². The molecule has 0 aromatic heterocycles. The van der Waals surface area contributed by atoms with Crippen LogP contribution in [0.15, 0.2) is 53.6 Å². The maximum atomic E-state index is 11.1. The molecule has 2 aromatic carbocycles. The highest BCUT2D eigenvalue weighted by atomic mass is 32.2. The molecule has 0 unspecified atom stereocenters. The first-order chi connectivity index (χ1) is 12.0. The fourth-order valence-electron chi connectivity index (χ4n) is 1.92. The molecule has 0 fully saturated rings. The summed E-state index contributed by atoms with van der Waals surface area (Å²) in [4.78, 5) is 20.5. The first-order valence-electron chi connectivity index (χ1n) is 6.84. The number of thioether (sulfide) groups is 1. The van der Waals surface area contributed by atoms with E-state index in [1.165, 1.54) is 6.07 Å². The van der Waals surface area contributed by atoms with E-state index < -0.39 is 15.5 Å². The van der Waals surface area contributed by atoms with Crippen LogP contribution < -0.4 is 5.43 Å². The molecule has 0 atom stereocenters. The molecule has 0 radical (unpaired) electrons. The molecule has 0 saturated heterocycles. The number of non-ortho nitro benzene ring substituents is 1. The first-order valence-corrected chi connectivity index (χ1v) is 7.83. The number of hydrogen-bond donors (Lipinski definition) is 1. The van der Waals surface area contributed by atoms with E-state index in [1.807, 2.05) is 11.5 Å². The molecule has 2 rings (SSSR count). The van der Waals surface area contributed by atoms with Gasteiger partial charge in [-0.05, 0) is 23.4 Å². The molecule has 10 heteroatoms. The Morgan fingerprint density at radius 3 is 2.48 bits per heavy atom. The third-order valence-electron chi connectivity index (χ3n) is 3.08. The van der Waals surface area contributed by atoms with Crippen molar-refractivity contribution in [3.8, 4) is 5.40 Å². The van der Waals surface area contributed by atoms with Crippen LogP contribution in [-0.2, 0) is 0 Å². The van der Waals surface area contributed by atoms with Crippen molar-refractivity contribution >= 4 is 34.5 Å². The van der Waals surface area contributed by atoms with Gasteiger partial charge >= 0.3 is 5.69 Å². The summed E-state index contributed by atoms with van der Waals surface area (Å²) in [6, 6.07) is 12.3. The Labute approximate surface area is 146 Å². The van der Waals surface area contributed by atoms with Crippen LogP contribution in [0.25, 0.3) is 0 Å². The van der Waals surface area contributed by atoms with Crippen LogP contribution in [0, 0.1) is 30.9 Å². The smallest absolute Gasteiger partial charge is 0.271 e. The highest BCUT2D eigenvalue weighted by Gasteiger charge is 2.19. The van der Waals surface area contributed by atoms with Gasteiger partial charge in [0.05, 0.1) is 27.4 Å². The van der Waals surface area contributed by atoms with Gasteiger partial charge in [-0.2, -0.15) is 10.4 Å².